The first kappa shape index (κ1) is 20.2. The SMILES string of the molecule is Cc1ccc(C(=O)NC[C@]2(CC3CC3)C[C@@H](CS(=O)(=O)CC3CC3)C2)c(Cl)c1. The number of halogens is 1. The molecule has 0 bridgehead atoms. The maximum atomic E-state index is 12.6. The molecule has 4 rings (SSSR count). The Morgan fingerprint density at radius 3 is 2.36 bits per heavy atom. The molecule has 4 nitrogen and oxygen atoms in total. The quantitative estimate of drug-likeness (QED) is 0.640. The van der Waals surface area contributed by atoms with E-state index in [0.717, 1.165) is 43.6 Å². The predicted octanol–water partition coefficient (Wildman–Crippen LogP) is 4.40. The highest BCUT2D eigenvalue weighted by atomic mass is 35.5. The van der Waals surface area contributed by atoms with Gasteiger partial charge in [-0.15, -0.1) is 0 Å². The van der Waals surface area contributed by atoms with Gasteiger partial charge < -0.3 is 5.32 Å². The molecule has 3 aliphatic carbocycles. The lowest BCUT2D eigenvalue weighted by Crippen LogP contribution is -2.48. The van der Waals surface area contributed by atoms with Crippen molar-refractivity contribution in [2.75, 3.05) is 18.1 Å². The molecule has 0 radical (unpaired) electrons. The number of amides is 1. The smallest absolute Gasteiger partial charge is 0.252 e. The van der Waals surface area contributed by atoms with E-state index in [1.54, 1.807) is 12.1 Å². The first-order chi connectivity index (χ1) is 13.2. The van der Waals surface area contributed by atoms with Crippen molar-refractivity contribution >= 4 is 27.3 Å². The molecule has 0 spiro atoms. The van der Waals surface area contributed by atoms with Gasteiger partial charge in [0.25, 0.3) is 5.91 Å². The molecule has 1 aromatic carbocycles. The van der Waals surface area contributed by atoms with Gasteiger partial charge in [-0.25, -0.2) is 8.42 Å². The average molecular weight is 424 g/mol. The van der Waals surface area contributed by atoms with E-state index in [0.29, 0.717) is 34.6 Å². The summed E-state index contributed by atoms with van der Waals surface area (Å²) in [4.78, 5) is 12.6. The largest absolute Gasteiger partial charge is 0.351 e. The molecule has 0 saturated heterocycles. The number of hydrogen-bond acceptors (Lipinski definition) is 3. The Morgan fingerprint density at radius 2 is 1.75 bits per heavy atom. The lowest BCUT2D eigenvalue weighted by Gasteiger charge is -2.48. The second-order valence-corrected chi connectivity index (χ2v) is 12.2. The first-order valence-corrected chi connectivity index (χ1v) is 12.7. The fourth-order valence-corrected chi connectivity index (χ4v) is 7.30. The monoisotopic (exact) mass is 423 g/mol. The van der Waals surface area contributed by atoms with Crippen molar-refractivity contribution < 1.29 is 13.2 Å². The topological polar surface area (TPSA) is 63.2 Å². The lowest BCUT2D eigenvalue weighted by atomic mass is 9.60. The number of carbonyl (C=O) groups is 1. The number of carbonyl (C=O) groups excluding carboxylic acids is 1. The van der Waals surface area contributed by atoms with Crippen LogP contribution in [-0.4, -0.2) is 32.4 Å². The number of nitrogens with one attached hydrogen (secondary N) is 1. The van der Waals surface area contributed by atoms with E-state index in [-0.39, 0.29) is 17.2 Å². The molecule has 0 aliphatic heterocycles. The third kappa shape index (κ3) is 5.10. The maximum absolute atomic E-state index is 12.6. The predicted molar refractivity (Wildman–Crippen MR) is 112 cm³/mol. The van der Waals surface area contributed by atoms with Crippen molar-refractivity contribution in [2.45, 2.75) is 51.9 Å². The Labute approximate surface area is 173 Å². The van der Waals surface area contributed by atoms with Crippen LogP contribution in [0.25, 0.3) is 0 Å². The van der Waals surface area contributed by atoms with Crippen LogP contribution in [0.3, 0.4) is 0 Å². The van der Waals surface area contributed by atoms with E-state index >= 15 is 0 Å². The summed E-state index contributed by atoms with van der Waals surface area (Å²) in [5.41, 5.74) is 1.60. The normalized spacial score (nSPS) is 27.3. The minimum Gasteiger partial charge on any atom is -0.351 e. The summed E-state index contributed by atoms with van der Waals surface area (Å²) >= 11 is 6.23. The molecule has 1 amide bonds. The molecule has 0 unspecified atom stereocenters. The standard InChI is InChI=1S/C22H30ClNO3S/c1-15-2-7-19(20(23)8-15)21(25)24-14-22(9-16-3-4-16)10-18(11-22)13-28(26,27)12-17-5-6-17/h2,7-8,16-18H,3-6,9-14H2,1H3,(H,24,25)/t18-,22-. The van der Waals surface area contributed by atoms with Crippen LogP contribution < -0.4 is 5.32 Å². The zero-order valence-corrected chi connectivity index (χ0v) is 18.1. The van der Waals surface area contributed by atoms with E-state index < -0.39 is 9.84 Å². The van der Waals surface area contributed by atoms with E-state index in [1.165, 1.54) is 12.8 Å². The second kappa shape index (κ2) is 7.64. The molecule has 28 heavy (non-hydrogen) atoms. The summed E-state index contributed by atoms with van der Waals surface area (Å²) in [5, 5.41) is 3.57. The maximum Gasteiger partial charge on any atom is 0.252 e. The van der Waals surface area contributed by atoms with E-state index in [1.807, 2.05) is 13.0 Å². The number of hydrogen-bond donors (Lipinski definition) is 1. The van der Waals surface area contributed by atoms with Crippen LogP contribution in [0, 0.1) is 30.1 Å². The average Bonchev–Trinajstić information content (AvgIpc) is 3.47. The number of rotatable bonds is 9. The van der Waals surface area contributed by atoms with Crippen LogP contribution in [0.15, 0.2) is 18.2 Å². The molecular formula is C22H30ClNO3S. The lowest BCUT2D eigenvalue weighted by molar-refractivity contribution is 0.0475. The molecular weight excluding hydrogens is 394 g/mol. The van der Waals surface area contributed by atoms with Gasteiger partial charge in [-0.3, -0.25) is 4.79 Å². The van der Waals surface area contributed by atoms with Crippen LogP contribution >= 0.6 is 11.6 Å². The molecule has 3 aliphatic rings. The highest BCUT2D eigenvalue weighted by molar-refractivity contribution is 7.91. The van der Waals surface area contributed by atoms with Crippen molar-refractivity contribution in [3.8, 4) is 0 Å². The third-order valence-corrected chi connectivity index (χ3v) is 8.80. The summed E-state index contributed by atoms with van der Waals surface area (Å²) in [5.74, 6) is 1.99. The van der Waals surface area contributed by atoms with Gasteiger partial charge in [0.1, 0.15) is 0 Å². The summed E-state index contributed by atoms with van der Waals surface area (Å²) in [6, 6.07) is 5.47. The van der Waals surface area contributed by atoms with Crippen LogP contribution in [-0.2, 0) is 9.84 Å². The Kier molecular flexibility index (Phi) is 5.51. The molecule has 1 N–H and O–H groups in total. The van der Waals surface area contributed by atoms with E-state index in [9.17, 15) is 13.2 Å². The first-order valence-electron chi connectivity index (χ1n) is 10.5. The van der Waals surface area contributed by atoms with Gasteiger partial charge in [0, 0.05) is 6.54 Å². The van der Waals surface area contributed by atoms with Gasteiger partial charge in [-0.2, -0.15) is 0 Å². The van der Waals surface area contributed by atoms with Crippen molar-refractivity contribution in [3.05, 3.63) is 34.3 Å². The van der Waals surface area contributed by atoms with Crippen LogP contribution in [0.5, 0.6) is 0 Å². The van der Waals surface area contributed by atoms with Gasteiger partial charge in [0.05, 0.1) is 22.1 Å². The molecule has 1 aromatic rings. The van der Waals surface area contributed by atoms with Crippen molar-refractivity contribution in [2.24, 2.45) is 23.2 Å². The molecule has 154 valence electrons. The van der Waals surface area contributed by atoms with Crippen molar-refractivity contribution in [3.63, 3.8) is 0 Å². The Hall–Kier alpha value is -1.07. The number of aryl methyl sites for hydroxylation is 1. The fraction of sp³-hybridized carbons (Fsp3) is 0.682. The van der Waals surface area contributed by atoms with Crippen LogP contribution in [0.1, 0.15) is 60.9 Å². The van der Waals surface area contributed by atoms with E-state index in [2.05, 4.69) is 5.32 Å². The number of sulfone groups is 1. The van der Waals surface area contributed by atoms with Crippen LogP contribution in [0.2, 0.25) is 5.02 Å². The van der Waals surface area contributed by atoms with Gasteiger partial charge >= 0.3 is 0 Å². The zero-order chi connectivity index (χ0) is 19.9. The van der Waals surface area contributed by atoms with Gasteiger partial charge in [-0.05, 0) is 79.9 Å². The van der Waals surface area contributed by atoms with Gasteiger partial charge in [0.2, 0.25) is 0 Å². The Morgan fingerprint density at radius 1 is 1.11 bits per heavy atom. The summed E-state index contributed by atoms with van der Waals surface area (Å²) in [7, 11) is -2.93. The van der Waals surface area contributed by atoms with Crippen molar-refractivity contribution in [1.29, 1.82) is 0 Å². The Bertz CT molecular complexity index is 853. The van der Waals surface area contributed by atoms with Crippen molar-refractivity contribution in [1.82, 2.24) is 5.32 Å². The summed E-state index contributed by atoms with van der Waals surface area (Å²) in [6.45, 7) is 2.57. The minimum atomic E-state index is -2.93. The van der Waals surface area contributed by atoms with Crippen LogP contribution in [0.4, 0.5) is 0 Å². The molecule has 3 saturated carbocycles. The molecule has 0 heterocycles. The highest BCUT2D eigenvalue weighted by Gasteiger charge is 2.48. The fourth-order valence-electron chi connectivity index (χ4n) is 4.84. The molecule has 6 heteroatoms. The number of benzene rings is 1. The third-order valence-electron chi connectivity index (χ3n) is 6.53. The highest BCUT2D eigenvalue weighted by Crippen LogP contribution is 2.54. The minimum absolute atomic E-state index is 0.0633. The Balaban J connectivity index is 1.34. The second-order valence-electron chi connectivity index (χ2n) is 9.61. The van der Waals surface area contributed by atoms with Gasteiger partial charge in [-0.1, -0.05) is 30.5 Å². The zero-order valence-electron chi connectivity index (χ0n) is 16.5. The van der Waals surface area contributed by atoms with E-state index in [4.69, 9.17) is 11.6 Å². The van der Waals surface area contributed by atoms with Gasteiger partial charge in [0.15, 0.2) is 9.84 Å². The molecule has 0 atom stereocenters. The summed E-state index contributed by atoms with van der Waals surface area (Å²) < 4.78 is 24.7. The molecule has 3 fully saturated rings. The summed E-state index contributed by atoms with van der Waals surface area (Å²) in [6.07, 6.45) is 7.61. The molecule has 0 aromatic heterocycles.